The predicted octanol–water partition coefficient (Wildman–Crippen LogP) is 4.32. The Kier molecular flexibility index (Phi) is 3.60. The van der Waals surface area contributed by atoms with Crippen molar-refractivity contribution in [3.8, 4) is 0 Å². The van der Waals surface area contributed by atoms with E-state index in [1.807, 2.05) is 19.9 Å². The van der Waals surface area contributed by atoms with Crippen LogP contribution in [0, 0.1) is 19.7 Å². The van der Waals surface area contributed by atoms with Crippen molar-refractivity contribution in [3.05, 3.63) is 33.0 Å². The van der Waals surface area contributed by atoms with Crippen LogP contribution in [-0.4, -0.2) is 0 Å². The van der Waals surface area contributed by atoms with Gasteiger partial charge in [0.25, 0.3) is 0 Å². The lowest BCUT2D eigenvalue weighted by Gasteiger charge is -2.36. The minimum absolute atomic E-state index is 0.169. The minimum atomic E-state index is -0.471. The summed E-state index contributed by atoms with van der Waals surface area (Å²) in [5.41, 5.74) is 8.82. The van der Waals surface area contributed by atoms with Gasteiger partial charge >= 0.3 is 0 Å². The first-order valence-corrected chi connectivity index (χ1v) is 6.99. The molecule has 1 nitrogen and oxygen atoms in total. The molecule has 0 aliphatic heterocycles. The van der Waals surface area contributed by atoms with Crippen LogP contribution in [0.15, 0.2) is 10.5 Å². The number of aryl methyl sites for hydroxylation is 1. The molecule has 0 aromatic heterocycles. The SMILES string of the molecule is Cc1cc(Br)c(F)c(C2(N)CCCCC2)c1C. The molecule has 0 saturated heterocycles. The van der Waals surface area contributed by atoms with Crippen molar-refractivity contribution in [2.75, 3.05) is 0 Å². The topological polar surface area (TPSA) is 26.0 Å². The Hall–Kier alpha value is -0.410. The average Bonchev–Trinajstić information content (AvgIpc) is 2.27. The van der Waals surface area contributed by atoms with E-state index < -0.39 is 5.54 Å². The van der Waals surface area contributed by atoms with E-state index in [-0.39, 0.29) is 5.82 Å². The Morgan fingerprint density at radius 3 is 2.41 bits per heavy atom. The lowest BCUT2D eigenvalue weighted by molar-refractivity contribution is 0.291. The molecule has 1 fully saturated rings. The molecule has 1 aliphatic rings. The van der Waals surface area contributed by atoms with Gasteiger partial charge in [-0.3, -0.25) is 0 Å². The Balaban J connectivity index is 2.57. The van der Waals surface area contributed by atoms with Crippen LogP contribution in [0.5, 0.6) is 0 Å². The van der Waals surface area contributed by atoms with E-state index in [0.717, 1.165) is 42.4 Å². The van der Waals surface area contributed by atoms with Crippen LogP contribution < -0.4 is 5.73 Å². The molecule has 1 saturated carbocycles. The summed E-state index contributed by atoms with van der Waals surface area (Å²) in [6.07, 6.45) is 5.19. The van der Waals surface area contributed by atoms with E-state index in [1.165, 1.54) is 6.42 Å². The van der Waals surface area contributed by atoms with E-state index in [9.17, 15) is 4.39 Å². The molecule has 0 radical (unpaired) electrons. The first-order valence-electron chi connectivity index (χ1n) is 6.20. The molecule has 2 rings (SSSR count). The number of hydrogen-bond donors (Lipinski definition) is 1. The second kappa shape index (κ2) is 4.69. The highest BCUT2D eigenvalue weighted by Crippen LogP contribution is 2.40. The van der Waals surface area contributed by atoms with Crippen LogP contribution in [-0.2, 0) is 5.54 Å². The van der Waals surface area contributed by atoms with Gasteiger partial charge in [-0.1, -0.05) is 19.3 Å². The van der Waals surface area contributed by atoms with E-state index >= 15 is 0 Å². The zero-order chi connectivity index (χ0) is 12.6. The summed E-state index contributed by atoms with van der Waals surface area (Å²) in [7, 11) is 0. The molecule has 3 heteroatoms. The van der Waals surface area contributed by atoms with Gasteiger partial charge in [-0.15, -0.1) is 0 Å². The quantitative estimate of drug-likeness (QED) is 0.821. The van der Waals surface area contributed by atoms with Crippen molar-refractivity contribution < 1.29 is 4.39 Å². The van der Waals surface area contributed by atoms with Gasteiger partial charge in [-0.2, -0.15) is 0 Å². The molecule has 0 heterocycles. The normalized spacial score (nSPS) is 19.4. The highest BCUT2D eigenvalue weighted by atomic mass is 79.9. The van der Waals surface area contributed by atoms with Crippen molar-refractivity contribution in [1.29, 1.82) is 0 Å². The average molecular weight is 300 g/mol. The first-order chi connectivity index (χ1) is 7.96. The Labute approximate surface area is 111 Å². The number of halogens is 2. The van der Waals surface area contributed by atoms with Crippen molar-refractivity contribution in [1.82, 2.24) is 0 Å². The summed E-state index contributed by atoms with van der Waals surface area (Å²) in [6, 6.07) is 1.83. The van der Waals surface area contributed by atoms with Crippen molar-refractivity contribution in [3.63, 3.8) is 0 Å². The fourth-order valence-corrected chi connectivity index (χ4v) is 3.41. The molecule has 17 heavy (non-hydrogen) atoms. The highest BCUT2D eigenvalue weighted by molar-refractivity contribution is 9.10. The molecular formula is C14H19BrFN. The summed E-state index contributed by atoms with van der Waals surface area (Å²) >= 11 is 3.29. The van der Waals surface area contributed by atoms with Gasteiger partial charge in [-0.25, -0.2) is 4.39 Å². The maximum Gasteiger partial charge on any atom is 0.142 e. The van der Waals surface area contributed by atoms with Crippen LogP contribution in [0.1, 0.15) is 48.8 Å². The summed E-state index contributed by atoms with van der Waals surface area (Å²) < 4.78 is 14.9. The minimum Gasteiger partial charge on any atom is -0.321 e. The third-order valence-electron chi connectivity index (χ3n) is 3.98. The standard InChI is InChI=1S/C14H19BrFN/c1-9-8-11(15)13(16)12(10(9)2)14(17)6-4-3-5-7-14/h8H,3-7,17H2,1-2H3. The summed E-state index contributed by atoms with van der Waals surface area (Å²) in [4.78, 5) is 0. The molecule has 1 aliphatic carbocycles. The molecule has 0 atom stereocenters. The molecule has 0 amide bonds. The maximum absolute atomic E-state index is 14.3. The molecule has 2 N–H and O–H groups in total. The van der Waals surface area contributed by atoms with Gasteiger partial charge in [0.2, 0.25) is 0 Å². The van der Waals surface area contributed by atoms with Gasteiger partial charge in [0.05, 0.1) is 4.47 Å². The fraction of sp³-hybridized carbons (Fsp3) is 0.571. The molecule has 0 bridgehead atoms. The van der Waals surface area contributed by atoms with Crippen LogP contribution in [0.4, 0.5) is 4.39 Å². The maximum atomic E-state index is 14.3. The molecule has 1 aromatic rings. The summed E-state index contributed by atoms with van der Waals surface area (Å²) in [6.45, 7) is 3.98. The van der Waals surface area contributed by atoms with Crippen LogP contribution in [0.25, 0.3) is 0 Å². The molecule has 0 spiro atoms. The Morgan fingerprint density at radius 2 is 1.82 bits per heavy atom. The third kappa shape index (κ3) is 2.27. The summed E-state index contributed by atoms with van der Waals surface area (Å²) in [5, 5.41) is 0. The van der Waals surface area contributed by atoms with Gasteiger partial charge in [0.15, 0.2) is 0 Å². The van der Waals surface area contributed by atoms with E-state index in [4.69, 9.17) is 5.73 Å². The molecule has 94 valence electrons. The third-order valence-corrected chi connectivity index (χ3v) is 4.56. The highest BCUT2D eigenvalue weighted by Gasteiger charge is 2.34. The molecule has 1 aromatic carbocycles. The van der Waals surface area contributed by atoms with Gasteiger partial charge < -0.3 is 5.73 Å². The number of hydrogen-bond acceptors (Lipinski definition) is 1. The molecule has 0 unspecified atom stereocenters. The van der Waals surface area contributed by atoms with Crippen molar-refractivity contribution in [2.24, 2.45) is 5.73 Å². The predicted molar refractivity (Wildman–Crippen MR) is 72.5 cm³/mol. The second-order valence-corrected chi connectivity index (χ2v) is 6.06. The first kappa shape index (κ1) is 13.0. The Morgan fingerprint density at radius 1 is 1.24 bits per heavy atom. The van der Waals surface area contributed by atoms with Crippen molar-refractivity contribution in [2.45, 2.75) is 51.5 Å². The van der Waals surface area contributed by atoms with Gasteiger partial charge in [0.1, 0.15) is 5.82 Å². The Bertz CT molecular complexity index is 410. The van der Waals surface area contributed by atoms with E-state index in [0.29, 0.717) is 4.47 Å². The fourth-order valence-electron chi connectivity index (χ4n) is 2.87. The van der Waals surface area contributed by atoms with Crippen LogP contribution in [0.3, 0.4) is 0 Å². The van der Waals surface area contributed by atoms with E-state index in [2.05, 4.69) is 15.9 Å². The summed E-state index contributed by atoms with van der Waals surface area (Å²) in [5.74, 6) is -0.169. The van der Waals surface area contributed by atoms with Crippen LogP contribution in [0.2, 0.25) is 0 Å². The smallest absolute Gasteiger partial charge is 0.142 e. The van der Waals surface area contributed by atoms with Gasteiger partial charge in [-0.05, 0) is 59.8 Å². The largest absolute Gasteiger partial charge is 0.321 e. The number of nitrogens with two attached hydrogens (primary N) is 1. The zero-order valence-electron chi connectivity index (χ0n) is 10.4. The monoisotopic (exact) mass is 299 g/mol. The molecular weight excluding hydrogens is 281 g/mol. The van der Waals surface area contributed by atoms with E-state index in [1.54, 1.807) is 0 Å². The van der Waals surface area contributed by atoms with Crippen molar-refractivity contribution >= 4 is 15.9 Å². The zero-order valence-corrected chi connectivity index (χ0v) is 12.0. The number of benzene rings is 1. The van der Waals surface area contributed by atoms with Gasteiger partial charge in [0, 0.05) is 11.1 Å². The number of rotatable bonds is 1. The second-order valence-electron chi connectivity index (χ2n) is 5.21. The van der Waals surface area contributed by atoms with Crippen LogP contribution >= 0.6 is 15.9 Å². The lowest BCUT2D eigenvalue weighted by atomic mass is 9.75. The lowest BCUT2D eigenvalue weighted by Crippen LogP contribution is -2.40.